The van der Waals surface area contributed by atoms with E-state index in [-0.39, 0.29) is 17.0 Å². The molecular formula is C23H30N2O5. The minimum Gasteiger partial charge on any atom is -0.488 e. The fourth-order valence-corrected chi connectivity index (χ4v) is 4.30. The largest absolute Gasteiger partial charge is 0.488 e. The molecule has 0 radical (unpaired) electrons. The van der Waals surface area contributed by atoms with Crippen LogP contribution in [-0.2, 0) is 12.0 Å². The SMILES string of the molecule is CCCCOc1cc2c(nc1OC)-c1cc(=O)c(C(=O)O)cn1C(CC)(C(C)C)C2. The summed E-state index contributed by atoms with van der Waals surface area (Å²) in [5.41, 5.74) is 1.08. The fourth-order valence-electron chi connectivity index (χ4n) is 4.30. The molecule has 3 rings (SSSR count). The van der Waals surface area contributed by atoms with Crippen LogP contribution < -0.4 is 14.9 Å². The fraction of sp³-hybridized carbons (Fsp3) is 0.522. The Balaban J connectivity index is 2.27. The quantitative estimate of drug-likeness (QED) is 0.654. The van der Waals surface area contributed by atoms with Crippen molar-refractivity contribution in [3.63, 3.8) is 0 Å². The van der Waals surface area contributed by atoms with Gasteiger partial charge in [-0.05, 0) is 36.8 Å². The molecule has 0 bridgehead atoms. The Bertz CT molecular complexity index is 1010. The molecule has 0 amide bonds. The number of unbranched alkanes of at least 4 members (excludes halogenated alkanes) is 1. The summed E-state index contributed by atoms with van der Waals surface area (Å²) in [6.07, 6.45) is 4.87. The molecule has 0 fully saturated rings. The molecule has 1 N–H and O–H groups in total. The lowest BCUT2D eigenvalue weighted by Crippen LogP contribution is -2.45. The number of hydrogen-bond acceptors (Lipinski definition) is 5. The molecule has 3 heterocycles. The van der Waals surface area contributed by atoms with Crippen molar-refractivity contribution in [1.29, 1.82) is 0 Å². The van der Waals surface area contributed by atoms with Crippen LogP contribution in [0.4, 0.5) is 0 Å². The Labute approximate surface area is 176 Å². The summed E-state index contributed by atoms with van der Waals surface area (Å²) in [5, 5.41) is 9.50. The zero-order valence-corrected chi connectivity index (χ0v) is 18.3. The van der Waals surface area contributed by atoms with E-state index < -0.39 is 11.4 Å². The smallest absolute Gasteiger partial charge is 0.341 e. The lowest BCUT2D eigenvalue weighted by atomic mass is 9.75. The van der Waals surface area contributed by atoms with Crippen LogP contribution in [0, 0.1) is 5.92 Å². The van der Waals surface area contributed by atoms with Gasteiger partial charge < -0.3 is 19.1 Å². The first-order chi connectivity index (χ1) is 14.3. The first-order valence-electron chi connectivity index (χ1n) is 10.5. The summed E-state index contributed by atoms with van der Waals surface area (Å²) in [6.45, 7) is 9.00. The average molecular weight is 415 g/mol. The zero-order valence-electron chi connectivity index (χ0n) is 18.3. The zero-order chi connectivity index (χ0) is 22.1. The van der Waals surface area contributed by atoms with Crippen LogP contribution in [-0.4, -0.2) is 34.3 Å². The van der Waals surface area contributed by atoms with E-state index in [2.05, 4.69) is 32.7 Å². The predicted octanol–water partition coefficient (Wildman–Crippen LogP) is 4.11. The van der Waals surface area contributed by atoms with Crippen LogP contribution in [0.1, 0.15) is 62.9 Å². The number of pyridine rings is 2. The van der Waals surface area contributed by atoms with Crippen molar-refractivity contribution in [2.75, 3.05) is 13.7 Å². The van der Waals surface area contributed by atoms with Crippen molar-refractivity contribution in [3.8, 4) is 23.0 Å². The van der Waals surface area contributed by atoms with E-state index in [1.807, 2.05) is 10.6 Å². The molecule has 0 saturated heterocycles. The van der Waals surface area contributed by atoms with Crippen molar-refractivity contribution in [2.24, 2.45) is 5.92 Å². The topological polar surface area (TPSA) is 90.7 Å². The van der Waals surface area contributed by atoms with Crippen LogP contribution in [0.2, 0.25) is 0 Å². The lowest BCUT2D eigenvalue weighted by Gasteiger charge is -2.44. The first kappa shape index (κ1) is 21.9. The third-order valence-corrected chi connectivity index (χ3v) is 6.17. The monoisotopic (exact) mass is 414 g/mol. The van der Waals surface area contributed by atoms with E-state index in [0.29, 0.717) is 36.0 Å². The maximum absolute atomic E-state index is 12.5. The van der Waals surface area contributed by atoms with Gasteiger partial charge in [0.2, 0.25) is 0 Å². The number of ether oxygens (including phenoxy) is 2. The summed E-state index contributed by atoms with van der Waals surface area (Å²) in [6, 6.07) is 3.35. The van der Waals surface area contributed by atoms with E-state index >= 15 is 0 Å². The molecule has 0 saturated carbocycles. The molecule has 2 aromatic rings. The number of aromatic nitrogens is 2. The van der Waals surface area contributed by atoms with E-state index in [0.717, 1.165) is 24.8 Å². The van der Waals surface area contributed by atoms with Gasteiger partial charge in [-0.25, -0.2) is 9.78 Å². The van der Waals surface area contributed by atoms with Crippen LogP contribution in [0.15, 0.2) is 23.1 Å². The van der Waals surface area contributed by atoms with Gasteiger partial charge >= 0.3 is 5.97 Å². The minimum atomic E-state index is -1.22. The number of carbonyl (C=O) groups is 1. The van der Waals surface area contributed by atoms with Crippen molar-refractivity contribution in [1.82, 2.24) is 9.55 Å². The van der Waals surface area contributed by atoms with Crippen molar-refractivity contribution in [3.05, 3.63) is 39.7 Å². The molecule has 1 aliphatic rings. The summed E-state index contributed by atoms with van der Waals surface area (Å²) in [7, 11) is 1.54. The lowest BCUT2D eigenvalue weighted by molar-refractivity contribution is 0.0692. The number of carboxylic acids is 1. The summed E-state index contributed by atoms with van der Waals surface area (Å²) >= 11 is 0. The summed E-state index contributed by atoms with van der Waals surface area (Å²) in [4.78, 5) is 28.8. The van der Waals surface area contributed by atoms with Gasteiger partial charge in [0.25, 0.3) is 5.88 Å². The predicted molar refractivity (Wildman–Crippen MR) is 115 cm³/mol. The first-order valence-corrected chi connectivity index (χ1v) is 10.5. The number of hydrogen-bond donors (Lipinski definition) is 1. The molecule has 0 spiro atoms. The Morgan fingerprint density at radius 1 is 1.33 bits per heavy atom. The molecule has 7 heteroatoms. The van der Waals surface area contributed by atoms with Gasteiger partial charge in [0.1, 0.15) is 5.56 Å². The van der Waals surface area contributed by atoms with Crippen molar-refractivity contribution < 1.29 is 19.4 Å². The summed E-state index contributed by atoms with van der Waals surface area (Å²) in [5.74, 6) is -0.0682. The molecule has 0 aromatic carbocycles. The number of methoxy groups -OCH3 is 1. The molecule has 2 aromatic heterocycles. The Hall–Kier alpha value is -2.83. The molecule has 30 heavy (non-hydrogen) atoms. The minimum absolute atomic E-state index is 0.199. The summed E-state index contributed by atoms with van der Waals surface area (Å²) < 4.78 is 13.3. The Kier molecular flexibility index (Phi) is 6.19. The highest BCUT2D eigenvalue weighted by molar-refractivity contribution is 5.87. The second kappa shape index (κ2) is 8.50. The van der Waals surface area contributed by atoms with Crippen molar-refractivity contribution in [2.45, 2.75) is 58.9 Å². The second-order valence-corrected chi connectivity index (χ2v) is 8.11. The van der Waals surface area contributed by atoms with Gasteiger partial charge in [-0.3, -0.25) is 4.79 Å². The van der Waals surface area contributed by atoms with Gasteiger partial charge in [-0.1, -0.05) is 34.1 Å². The third kappa shape index (κ3) is 3.57. The molecule has 1 aliphatic heterocycles. The van der Waals surface area contributed by atoms with Gasteiger partial charge in [0.05, 0.1) is 30.6 Å². The molecule has 162 valence electrons. The van der Waals surface area contributed by atoms with Gasteiger partial charge in [0, 0.05) is 12.3 Å². The molecule has 7 nitrogen and oxygen atoms in total. The molecule has 1 atom stereocenters. The Morgan fingerprint density at radius 3 is 2.63 bits per heavy atom. The van der Waals surface area contributed by atoms with E-state index in [4.69, 9.17) is 9.47 Å². The van der Waals surface area contributed by atoms with E-state index in [1.165, 1.54) is 19.4 Å². The highest BCUT2D eigenvalue weighted by atomic mass is 16.5. The second-order valence-electron chi connectivity index (χ2n) is 8.11. The normalized spacial score (nSPS) is 17.4. The number of nitrogens with zero attached hydrogens (tertiary/aromatic N) is 2. The molecular weight excluding hydrogens is 384 g/mol. The van der Waals surface area contributed by atoms with Crippen LogP contribution in [0.5, 0.6) is 11.6 Å². The van der Waals surface area contributed by atoms with E-state index in [9.17, 15) is 14.7 Å². The molecule has 0 aliphatic carbocycles. The highest BCUT2D eigenvalue weighted by Crippen LogP contribution is 2.45. The maximum Gasteiger partial charge on any atom is 0.341 e. The number of rotatable bonds is 8. The number of aromatic carboxylic acids is 1. The highest BCUT2D eigenvalue weighted by Gasteiger charge is 2.41. The average Bonchev–Trinajstić information content (AvgIpc) is 2.71. The van der Waals surface area contributed by atoms with Crippen LogP contribution in [0.3, 0.4) is 0 Å². The Morgan fingerprint density at radius 2 is 2.07 bits per heavy atom. The molecule has 1 unspecified atom stereocenters. The van der Waals surface area contributed by atoms with Gasteiger partial charge in [-0.2, -0.15) is 0 Å². The van der Waals surface area contributed by atoms with Gasteiger partial charge in [0.15, 0.2) is 11.2 Å². The number of carboxylic acid groups (broad SMARTS) is 1. The maximum atomic E-state index is 12.5. The van der Waals surface area contributed by atoms with Gasteiger partial charge in [-0.15, -0.1) is 0 Å². The van der Waals surface area contributed by atoms with E-state index in [1.54, 1.807) is 0 Å². The number of fused-ring (bicyclic) bond motifs is 3. The van der Waals surface area contributed by atoms with Crippen LogP contribution >= 0.6 is 0 Å². The van der Waals surface area contributed by atoms with Crippen LogP contribution in [0.25, 0.3) is 11.4 Å². The standard InChI is InChI=1S/C23H30N2O5/c1-6-8-9-30-19-10-15-12-23(7-2,14(3)4)25-13-16(22(27)28)18(26)11-17(25)20(15)24-21(19)29-5/h10-11,13-14H,6-9,12H2,1-5H3,(H,27,28). The van der Waals surface area contributed by atoms with Crippen molar-refractivity contribution >= 4 is 5.97 Å². The third-order valence-electron chi connectivity index (χ3n) is 6.17.